The molecule has 0 saturated carbocycles. The SMILES string of the molecule is CCCCCCOC(C=CCCCCC=O)OC(C=CCCCCC=O)OCCCCCC. The van der Waals surface area contributed by atoms with Crippen molar-refractivity contribution >= 4 is 12.6 Å². The summed E-state index contributed by atoms with van der Waals surface area (Å²) < 4.78 is 18.3. The third kappa shape index (κ3) is 23.6. The van der Waals surface area contributed by atoms with Crippen LogP contribution in [-0.4, -0.2) is 38.4 Å². The van der Waals surface area contributed by atoms with E-state index in [0.29, 0.717) is 26.1 Å². The fourth-order valence-electron chi connectivity index (χ4n) is 3.26. The van der Waals surface area contributed by atoms with E-state index in [4.69, 9.17) is 14.2 Å². The van der Waals surface area contributed by atoms with Gasteiger partial charge in [-0.15, -0.1) is 0 Å². The van der Waals surface area contributed by atoms with E-state index in [0.717, 1.165) is 76.8 Å². The van der Waals surface area contributed by atoms with Crippen LogP contribution in [0.25, 0.3) is 0 Å². The van der Waals surface area contributed by atoms with Crippen LogP contribution in [0.1, 0.15) is 117 Å². The van der Waals surface area contributed by atoms with Crippen molar-refractivity contribution in [2.75, 3.05) is 13.2 Å². The second-order valence-electron chi connectivity index (χ2n) is 8.49. The van der Waals surface area contributed by atoms with Gasteiger partial charge in [-0.25, -0.2) is 0 Å². The fraction of sp³-hybridized carbons (Fsp3) is 0.786. The second kappa shape index (κ2) is 26.9. The quantitative estimate of drug-likeness (QED) is 0.0572. The molecule has 0 aromatic heterocycles. The van der Waals surface area contributed by atoms with Gasteiger partial charge in [-0.2, -0.15) is 0 Å². The molecule has 0 heterocycles. The molecule has 0 aromatic rings. The van der Waals surface area contributed by atoms with Crippen molar-refractivity contribution in [1.29, 1.82) is 0 Å². The highest BCUT2D eigenvalue weighted by molar-refractivity contribution is 5.49. The van der Waals surface area contributed by atoms with Gasteiger partial charge in [-0.3, -0.25) is 0 Å². The molecule has 0 aliphatic heterocycles. The van der Waals surface area contributed by atoms with E-state index in [-0.39, 0.29) is 0 Å². The summed E-state index contributed by atoms with van der Waals surface area (Å²) in [6.45, 7) is 5.74. The Bertz CT molecular complexity index is 433. The molecule has 0 bridgehead atoms. The molecular weight excluding hydrogens is 416 g/mol. The zero-order chi connectivity index (χ0) is 24.2. The molecule has 0 aliphatic rings. The molecule has 33 heavy (non-hydrogen) atoms. The van der Waals surface area contributed by atoms with Gasteiger partial charge in [-0.1, -0.05) is 64.5 Å². The zero-order valence-electron chi connectivity index (χ0n) is 21.4. The van der Waals surface area contributed by atoms with Crippen molar-refractivity contribution in [3.63, 3.8) is 0 Å². The average molecular weight is 467 g/mol. The summed E-state index contributed by atoms with van der Waals surface area (Å²) in [4.78, 5) is 20.9. The van der Waals surface area contributed by atoms with Crippen molar-refractivity contribution in [2.45, 2.75) is 129 Å². The van der Waals surface area contributed by atoms with Crippen LogP contribution in [0.3, 0.4) is 0 Å². The smallest absolute Gasteiger partial charge is 0.180 e. The minimum atomic E-state index is -0.446. The molecule has 2 atom stereocenters. The summed E-state index contributed by atoms with van der Waals surface area (Å²) >= 11 is 0. The zero-order valence-corrected chi connectivity index (χ0v) is 21.4. The van der Waals surface area contributed by atoms with Crippen LogP contribution in [0.2, 0.25) is 0 Å². The van der Waals surface area contributed by atoms with Gasteiger partial charge in [0.1, 0.15) is 12.6 Å². The predicted octanol–water partition coefficient (Wildman–Crippen LogP) is 7.48. The molecule has 2 unspecified atom stereocenters. The Morgan fingerprint density at radius 3 is 1.36 bits per heavy atom. The van der Waals surface area contributed by atoms with Gasteiger partial charge < -0.3 is 23.8 Å². The van der Waals surface area contributed by atoms with E-state index in [9.17, 15) is 9.59 Å². The minimum Gasteiger partial charge on any atom is -0.349 e. The monoisotopic (exact) mass is 466 g/mol. The van der Waals surface area contributed by atoms with Crippen LogP contribution < -0.4 is 0 Å². The first kappa shape index (κ1) is 31.7. The van der Waals surface area contributed by atoms with Crippen LogP contribution in [0, 0.1) is 0 Å². The lowest BCUT2D eigenvalue weighted by atomic mass is 10.2. The average Bonchev–Trinajstić information content (AvgIpc) is 2.82. The van der Waals surface area contributed by atoms with Gasteiger partial charge in [0.2, 0.25) is 0 Å². The van der Waals surface area contributed by atoms with Gasteiger partial charge in [0.15, 0.2) is 12.6 Å². The Morgan fingerprint density at radius 2 is 0.970 bits per heavy atom. The first-order chi connectivity index (χ1) is 16.3. The first-order valence-corrected chi connectivity index (χ1v) is 13.4. The number of rotatable bonds is 26. The van der Waals surface area contributed by atoms with Gasteiger partial charge in [-0.05, 0) is 63.5 Å². The minimum absolute atomic E-state index is 0.446. The fourth-order valence-corrected chi connectivity index (χ4v) is 3.26. The lowest BCUT2D eigenvalue weighted by Gasteiger charge is -2.21. The third-order valence-electron chi connectivity index (χ3n) is 5.30. The van der Waals surface area contributed by atoms with Crippen LogP contribution >= 0.6 is 0 Å². The van der Waals surface area contributed by atoms with E-state index in [1.54, 1.807) is 0 Å². The first-order valence-electron chi connectivity index (χ1n) is 13.4. The maximum absolute atomic E-state index is 10.5. The van der Waals surface area contributed by atoms with E-state index < -0.39 is 12.6 Å². The van der Waals surface area contributed by atoms with Crippen LogP contribution in [0.4, 0.5) is 0 Å². The molecule has 0 saturated heterocycles. The summed E-state index contributed by atoms with van der Waals surface area (Å²) in [6.07, 6.45) is 25.2. The normalized spacial score (nSPS) is 13.6. The van der Waals surface area contributed by atoms with Crippen molar-refractivity contribution in [2.24, 2.45) is 0 Å². The maximum atomic E-state index is 10.5. The molecule has 5 heteroatoms. The molecule has 0 spiro atoms. The molecule has 0 rings (SSSR count). The largest absolute Gasteiger partial charge is 0.349 e. The van der Waals surface area contributed by atoms with Gasteiger partial charge >= 0.3 is 0 Å². The Balaban J connectivity index is 4.79. The summed E-state index contributed by atoms with van der Waals surface area (Å²) in [5, 5.41) is 0. The number of ether oxygens (including phenoxy) is 3. The Labute approximate surface area is 203 Å². The number of hydrogen-bond acceptors (Lipinski definition) is 5. The maximum Gasteiger partial charge on any atom is 0.180 e. The number of hydrogen-bond donors (Lipinski definition) is 0. The van der Waals surface area contributed by atoms with Gasteiger partial charge in [0.25, 0.3) is 0 Å². The van der Waals surface area contributed by atoms with Crippen molar-refractivity contribution in [3.8, 4) is 0 Å². The summed E-state index contributed by atoms with van der Waals surface area (Å²) in [6, 6.07) is 0. The van der Waals surface area contributed by atoms with Crippen molar-refractivity contribution in [3.05, 3.63) is 24.3 Å². The highest BCUT2D eigenvalue weighted by Gasteiger charge is 2.13. The Morgan fingerprint density at radius 1 is 0.545 bits per heavy atom. The Hall–Kier alpha value is -1.30. The summed E-state index contributed by atoms with van der Waals surface area (Å²) in [7, 11) is 0. The highest BCUT2D eigenvalue weighted by Crippen LogP contribution is 2.12. The molecule has 0 amide bonds. The number of unbranched alkanes of at least 4 members (excludes halogenated alkanes) is 12. The number of aldehydes is 2. The predicted molar refractivity (Wildman–Crippen MR) is 136 cm³/mol. The van der Waals surface area contributed by atoms with Crippen LogP contribution in [0.5, 0.6) is 0 Å². The molecular formula is C28H50O5. The molecule has 0 aromatic carbocycles. The molecule has 0 N–H and O–H groups in total. The lowest BCUT2D eigenvalue weighted by molar-refractivity contribution is -0.208. The summed E-state index contributed by atoms with van der Waals surface area (Å²) in [5.74, 6) is 0. The number of allylic oxidation sites excluding steroid dienone is 2. The van der Waals surface area contributed by atoms with Gasteiger partial charge in [0, 0.05) is 12.8 Å². The van der Waals surface area contributed by atoms with Crippen LogP contribution in [0.15, 0.2) is 24.3 Å². The third-order valence-corrected chi connectivity index (χ3v) is 5.30. The van der Waals surface area contributed by atoms with Gasteiger partial charge in [0.05, 0.1) is 13.2 Å². The van der Waals surface area contributed by atoms with E-state index in [1.165, 1.54) is 25.7 Å². The number of carbonyl (C=O) groups excluding carboxylic acids is 2. The van der Waals surface area contributed by atoms with E-state index in [2.05, 4.69) is 26.0 Å². The standard InChI is InChI=1S/C28H50O5/c1-3-5-7-19-25-31-27(21-15-11-9-13-17-23-29)33-28(32-26-20-8-6-4-2)22-16-12-10-14-18-24-30/h15-16,21-24,27-28H,3-14,17-20,25-26H2,1-2H3. The summed E-state index contributed by atoms with van der Waals surface area (Å²) in [5.41, 5.74) is 0. The second-order valence-corrected chi connectivity index (χ2v) is 8.49. The molecule has 5 nitrogen and oxygen atoms in total. The van der Waals surface area contributed by atoms with Crippen LogP contribution in [-0.2, 0) is 23.8 Å². The molecule has 0 aliphatic carbocycles. The highest BCUT2D eigenvalue weighted by atomic mass is 16.8. The topological polar surface area (TPSA) is 61.8 Å². The molecule has 0 fully saturated rings. The van der Waals surface area contributed by atoms with Crippen molar-refractivity contribution < 1.29 is 23.8 Å². The molecule has 0 radical (unpaired) electrons. The Kier molecular flexibility index (Phi) is 25.9. The van der Waals surface area contributed by atoms with Crippen molar-refractivity contribution in [1.82, 2.24) is 0 Å². The lowest BCUT2D eigenvalue weighted by Crippen LogP contribution is -2.25. The number of carbonyl (C=O) groups is 2. The molecule has 192 valence electrons. The van der Waals surface area contributed by atoms with E-state index >= 15 is 0 Å². The van der Waals surface area contributed by atoms with E-state index in [1.807, 2.05) is 12.2 Å².